The van der Waals surface area contributed by atoms with E-state index in [-0.39, 0.29) is 11.9 Å². The highest BCUT2D eigenvalue weighted by molar-refractivity contribution is 5.84. The van der Waals surface area contributed by atoms with Gasteiger partial charge in [0.15, 0.2) is 17.9 Å². The number of halogens is 4. The lowest BCUT2D eigenvalue weighted by atomic mass is 9.99. The molecule has 1 heterocycles. The van der Waals surface area contributed by atoms with E-state index < -0.39 is 24.5 Å². The molecule has 34 heavy (non-hydrogen) atoms. The summed E-state index contributed by atoms with van der Waals surface area (Å²) in [5, 5.41) is 1.16. The summed E-state index contributed by atoms with van der Waals surface area (Å²) in [5.41, 5.74) is 1.81. The Hall–Kier alpha value is -2.94. The zero-order valence-corrected chi connectivity index (χ0v) is 18.3. The van der Waals surface area contributed by atoms with Gasteiger partial charge in [0.05, 0.1) is 19.8 Å². The molecule has 8 heteroatoms. The molecule has 1 saturated heterocycles. The molecule has 4 nitrogen and oxygen atoms in total. The molecule has 0 bridgehead atoms. The van der Waals surface area contributed by atoms with E-state index in [0.717, 1.165) is 17.7 Å². The number of alkyl halides is 2. The Morgan fingerprint density at radius 1 is 1.00 bits per heavy atom. The van der Waals surface area contributed by atoms with Gasteiger partial charge in [-0.1, -0.05) is 36.4 Å². The minimum atomic E-state index is -3.10. The summed E-state index contributed by atoms with van der Waals surface area (Å²) >= 11 is 0. The van der Waals surface area contributed by atoms with E-state index in [9.17, 15) is 13.2 Å². The average molecular weight is 476 g/mol. The van der Waals surface area contributed by atoms with Crippen LogP contribution in [0.2, 0.25) is 0 Å². The van der Waals surface area contributed by atoms with E-state index in [1.165, 1.54) is 6.07 Å². The highest BCUT2D eigenvalue weighted by Crippen LogP contribution is 2.30. The van der Waals surface area contributed by atoms with Gasteiger partial charge in [-0.15, -0.1) is 6.58 Å². The number of fused-ring (bicyclic) bond motifs is 1. The van der Waals surface area contributed by atoms with Crippen LogP contribution in [0.4, 0.5) is 17.6 Å². The minimum absolute atomic E-state index is 0.156. The first-order valence-corrected chi connectivity index (χ1v) is 10.8. The maximum atomic E-state index is 15.1. The number of rotatable bonds is 9. The molecule has 0 spiro atoms. The fourth-order valence-electron chi connectivity index (χ4n) is 3.84. The van der Waals surface area contributed by atoms with Crippen LogP contribution in [-0.2, 0) is 27.1 Å². The van der Waals surface area contributed by atoms with Crippen LogP contribution >= 0.6 is 0 Å². The predicted molar refractivity (Wildman–Crippen MR) is 119 cm³/mol. The van der Waals surface area contributed by atoms with Crippen molar-refractivity contribution in [3.63, 3.8) is 0 Å². The van der Waals surface area contributed by atoms with Gasteiger partial charge in [-0.2, -0.15) is 8.78 Å². The molecule has 0 unspecified atom stereocenters. The summed E-state index contributed by atoms with van der Waals surface area (Å²) in [7, 11) is 0. The van der Waals surface area contributed by atoms with Crippen molar-refractivity contribution in [2.45, 2.75) is 31.8 Å². The van der Waals surface area contributed by atoms with Crippen LogP contribution in [-0.4, -0.2) is 32.5 Å². The Labute approximate surface area is 194 Å². The van der Waals surface area contributed by atoms with Crippen molar-refractivity contribution in [2.75, 3.05) is 19.8 Å². The van der Waals surface area contributed by atoms with Crippen molar-refractivity contribution in [1.29, 1.82) is 0 Å². The molecule has 0 saturated carbocycles. The van der Waals surface area contributed by atoms with Crippen LogP contribution in [0.15, 0.2) is 61.2 Å². The van der Waals surface area contributed by atoms with Crippen LogP contribution in [0, 0.1) is 11.6 Å². The largest absolute Gasteiger partial charge is 0.432 e. The van der Waals surface area contributed by atoms with E-state index in [1.54, 1.807) is 24.3 Å². The molecule has 1 fully saturated rings. The molecule has 0 atom stereocenters. The third kappa shape index (κ3) is 5.75. The van der Waals surface area contributed by atoms with Gasteiger partial charge in [-0.3, -0.25) is 0 Å². The molecule has 1 aliphatic heterocycles. The molecule has 0 radical (unpaired) electrons. The maximum absolute atomic E-state index is 15.1. The molecule has 3 aromatic carbocycles. The molecule has 180 valence electrons. The van der Waals surface area contributed by atoms with Crippen molar-refractivity contribution < 1.29 is 36.5 Å². The van der Waals surface area contributed by atoms with Gasteiger partial charge in [0.1, 0.15) is 11.9 Å². The number of hydrogen-bond donors (Lipinski definition) is 0. The Kier molecular flexibility index (Phi) is 7.82. The van der Waals surface area contributed by atoms with E-state index in [2.05, 4.69) is 11.3 Å². The number of ether oxygens (including phenoxy) is 4. The second kappa shape index (κ2) is 11.0. The van der Waals surface area contributed by atoms with E-state index in [4.69, 9.17) is 14.2 Å². The SMILES string of the molecule is C=CCOC1COC(c2ccc3c(F)c(CCc4ccc(OC(F)F)c(F)c4)ccc3c2)OC1. The highest BCUT2D eigenvalue weighted by Gasteiger charge is 2.24. The zero-order chi connectivity index (χ0) is 24.1. The Morgan fingerprint density at radius 2 is 1.79 bits per heavy atom. The first-order chi connectivity index (χ1) is 16.4. The van der Waals surface area contributed by atoms with Crippen LogP contribution in [0.25, 0.3) is 10.8 Å². The summed E-state index contributed by atoms with van der Waals surface area (Å²) in [6.07, 6.45) is 1.61. The van der Waals surface area contributed by atoms with Crippen molar-refractivity contribution in [2.24, 2.45) is 0 Å². The Morgan fingerprint density at radius 3 is 2.50 bits per heavy atom. The average Bonchev–Trinajstić information content (AvgIpc) is 2.84. The molecule has 0 N–H and O–H groups in total. The number of hydrogen-bond acceptors (Lipinski definition) is 4. The molecule has 3 aromatic rings. The topological polar surface area (TPSA) is 36.9 Å². The zero-order valence-electron chi connectivity index (χ0n) is 18.3. The second-order valence-electron chi connectivity index (χ2n) is 7.91. The van der Waals surface area contributed by atoms with Crippen LogP contribution < -0.4 is 4.74 Å². The standard InChI is InChI=1S/C26H24F4O4/c1-2-11-31-20-14-32-25(33-15-20)19-8-9-21-18(13-19)7-6-17(24(21)28)5-3-16-4-10-23(22(27)12-16)34-26(29)30/h2,4,6-10,12-13,20,25-26H,1,3,5,11,14-15H2. The fourth-order valence-corrected chi connectivity index (χ4v) is 3.84. The lowest BCUT2D eigenvalue weighted by molar-refractivity contribution is -0.228. The highest BCUT2D eigenvalue weighted by atomic mass is 19.3. The van der Waals surface area contributed by atoms with Gasteiger partial charge in [-0.05, 0) is 47.6 Å². The summed E-state index contributed by atoms with van der Waals surface area (Å²) in [6, 6.07) is 12.6. The summed E-state index contributed by atoms with van der Waals surface area (Å²) < 4.78 is 74.7. The monoisotopic (exact) mass is 476 g/mol. The molecule has 0 aromatic heterocycles. The molecule has 0 aliphatic carbocycles. The Bertz CT molecular complexity index is 1140. The van der Waals surface area contributed by atoms with Crippen molar-refractivity contribution in [1.82, 2.24) is 0 Å². The summed E-state index contributed by atoms with van der Waals surface area (Å²) in [5.74, 6) is -1.75. The quantitative estimate of drug-likeness (QED) is 0.275. The molecule has 4 rings (SSSR count). The van der Waals surface area contributed by atoms with Gasteiger partial charge in [-0.25, -0.2) is 8.78 Å². The van der Waals surface area contributed by atoms with Crippen LogP contribution in [0.1, 0.15) is 23.0 Å². The number of benzene rings is 3. The van der Waals surface area contributed by atoms with Crippen molar-refractivity contribution in [3.8, 4) is 5.75 Å². The second-order valence-corrected chi connectivity index (χ2v) is 7.91. The molecular formula is C26H24F4O4. The molecule has 1 aliphatic rings. The van der Waals surface area contributed by atoms with E-state index >= 15 is 4.39 Å². The van der Waals surface area contributed by atoms with E-state index in [1.807, 2.05) is 12.1 Å². The third-order valence-corrected chi connectivity index (χ3v) is 5.54. The predicted octanol–water partition coefficient (Wildman–Crippen LogP) is 6.12. The van der Waals surface area contributed by atoms with Gasteiger partial charge in [0, 0.05) is 10.9 Å². The Balaban J connectivity index is 1.42. The van der Waals surface area contributed by atoms with Crippen LogP contribution in [0.5, 0.6) is 5.75 Å². The number of aryl methyl sites for hydroxylation is 2. The van der Waals surface area contributed by atoms with Gasteiger partial charge in [0.2, 0.25) is 0 Å². The molecular weight excluding hydrogens is 452 g/mol. The molecule has 0 amide bonds. The smallest absolute Gasteiger partial charge is 0.387 e. The first-order valence-electron chi connectivity index (χ1n) is 10.8. The van der Waals surface area contributed by atoms with Crippen molar-refractivity contribution >= 4 is 10.8 Å². The lowest BCUT2D eigenvalue weighted by Gasteiger charge is -2.29. The van der Waals surface area contributed by atoms with Gasteiger partial charge < -0.3 is 18.9 Å². The fraction of sp³-hybridized carbons (Fsp3) is 0.308. The van der Waals surface area contributed by atoms with E-state index in [0.29, 0.717) is 54.6 Å². The minimum Gasteiger partial charge on any atom is -0.432 e. The van der Waals surface area contributed by atoms with Gasteiger partial charge in [0.25, 0.3) is 0 Å². The van der Waals surface area contributed by atoms with Crippen LogP contribution in [0.3, 0.4) is 0 Å². The van der Waals surface area contributed by atoms with Crippen molar-refractivity contribution in [3.05, 3.63) is 89.5 Å². The normalized spacial score (nSPS) is 18.4. The van der Waals surface area contributed by atoms with Gasteiger partial charge >= 0.3 is 6.61 Å². The maximum Gasteiger partial charge on any atom is 0.387 e. The third-order valence-electron chi connectivity index (χ3n) is 5.54. The summed E-state index contributed by atoms with van der Waals surface area (Å²) in [6.45, 7) is 1.71. The lowest BCUT2D eigenvalue weighted by Crippen LogP contribution is -2.33. The first kappa shape index (κ1) is 24.2. The summed E-state index contributed by atoms with van der Waals surface area (Å²) in [4.78, 5) is 0.